The molecule has 0 spiro atoms. The summed E-state index contributed by atoms with van der Waals surface area (Å²) in [6, 6.07) is 15.6. The van der Waals surface area contributed by atoms with Gasteiger partial charge in [0.25, 0.3) is 11.1 Å². The number of benzene rings is 3. The van der Waals surface area contributed by atoms with Crippen LogP contribution in [0.5, 0.6) is 10.9 Å². The maximum atomic E-state index is 13.0. The summed E-state index contributed by atoms with van der Waals surface area (Å²) in [5.41, 5.74) is 0.973. The van der Waals surface area contributed by atoms with Gasteiger partial charge in [-0.25, -0.2) is 17.8 Å². The van der Waals surface area contributed by atoms with Gasteiger partial charge in [-0.3, -0.25) is 4.79 Å². The second-order valence-corrected chi connectivity index (χ2v) is 12.7. The first-order chi connectivity index (χ1) is 20.9. The molecule has 0 saturated carbocycles. The number of thiazole rings is 1. The topological polar surface area (TPSA) is 115 Å². The lowest BCUT2D eigenvalue weighted by Crippen LogP contribution is -2.30. The molecule has 3 aromatic carbocycles. The van der Waals surface area contributed by atoms with E-state index >= 15 is 0 Å². The summed E-state index contributed by atoms with van der Waals surface area (Å²) in [6.07, 6.45) is -4.48. The number of amides is 1. The molecule has 4 rings (SSSR count). The van der Waals surface area contributed by atoms with E-state index in [1.54, 1.807) is 12.1 Å². The summed E-state index contributed by atoms with van der Waals surface area (Å²) < 4.78 is 86.4. The van der Waals surface area contributed by atoms with E-state index in [1.807, 2.05) is 0 Å². The number of aliphatic hydroxyl groups excluding tert-OH is 1. The molecule has 0 aliphatic heterocycles. The molecule has 0 bridgehead atoms. The number of hydrogen-bond acceptors (Lipinski definition) is 8. The van der Waals surface area contributed by atoms with Crippen molar-refractivity contribution in [1.29, 1.82) is 0 Å². The molecule has 2 N–H and O–H groups in total. The summed E-state index contributed by atoms with van der Waals surface area (Å²) in [4.78, 5) is 18.1. The predicted molar refractivity (Wildman–Crippen MR) is 156 cm³/mol. The van der Waals surface area contributed by atoms with Gasteiger partial charge >= 0.3 is 6.18 Å². The highest BCUT2D eigenvalue weighted by atomic mass is 32.2. The van der Waals surface area contributed by atoms with Crippen LogP contribution in [0.1, 0.15) is 39.3 Å². The number of hydrogen-bond donors (Lipinski definition) is 2. The summed E-state index contributed by atoms with van der Waals surface area (Å²) in [5.74, 6) is -0.401. The minimum Gasteiger partial charge on any atom is -0.431 e. The van der Waals surface area contributed by atoms with Crippen molar-refractivity contribution in [3.63, 3.8) is 0 Å². The molecule has 4 aromatic rings. The Morgan fingerprint density at radius 1 is 1.02 bits per heavy atom. The molecule has 234 valence electrons. The molecule has 0 aliphatic rings. The first-order valence-electron chi connectivity index (χ1n) is 13.3. The number of carbonyl (C=O) groups is 1. The summed E-state index contributed by atoms with van der Waals surface area (Å²) in [5, 5.41) is 12.7. The van der Waals surface area contributed by atoms with Crippen LogP contribution in [0.4, 0.5) is 17.6 Å². The number of sulfone groups is 1. The van der Waals surface area contributed by atoms with E-state index in [1.165, 1.54) is 55.5 Å². The second-order valence-electron chi connectivity index (χ2n) is 9.38. The average Bonchev–Trinajstić information content (AvgIpc) is 3.42. The third-order valence-electron chi connectivity index (χ3n) is 6.45. The van der Waals surface area contributed by atoms with Gasteiger partial charge in [-0.05, 0) is 54.1 Å². The van der Waals surface area contributed by atoms with Crippen LogP contribution in [-0.4, -0.2) is 50.1 Å². The zero-order chi connectivity index (χ0) is 31.9. The van der Waals surface area contributed by atoms with Crippen LogP contribution in [0, 0.1) is 0 Å². The first-order valence-corrected chi connectivity index (χ1v) is 15.8. The van der Waals surface area contributed by atoms with E-state index in [-0.39, 0.29) is 40.4 Å². The molecule has 1 amide bonds. The van der Waals surface area contributed by atoms with E-state index in [2.05, 4.69) is 10.3 Å². The lowest BCUT2D eigenvalue weighted by Gasteiger charge is -2.17. The van der Waals surface area contributed by atoms with Crippen LogP contribution < -0.4 is 10.1 Å². The zero-order valence-electron chi connectivity index (χ0n) is 23.3. The standard InChI is InChI=1S/C30H28F4N2O6S2/c1-2-44(39,40)24-13-7-19(8-14-24)25(17-37)35-28(38)21-5-3-20(4-6-21)27-26(18-41-16-15-31)43-29(36-27)42-23-11-9-22(10-12-23)30(32,33)34/h3-14,25,37H,2,15-18H2,1H3,(H,35,38)/t25-/m0/s1. The molecule has 1 atom stereocenters. The lowest BCUT2D eigenvalue weighted by atomic mass is 10.1. The van der Waals surface area contributed by atoms with Crippen molar-refractivity contribution < 1.29 is 45.4 Å². The molecule has 0 saturated heterocycles. The molecule has 0 fully saturated rings. The number of alkyl halides is 4. The number of carbonyl (C=O) groups excluding carboxylic acids is 1. The first kappa shape index (κ1) is 33.1. The summed E-state index contributed by atoms with van der Waals surface area (Å²) >= 11 is 1.08. The largest absolute Gasteiger partial charge is 0.431 e. The molecule has 0 radical (unpaired) electrons. The fourth-order valence-corrected chi connectivity index (χ4v) is 5.83. The van der Waals surface area contributed by atoms with Crippen molar-refractivity contribution in [3.05, 3.63) is 94.4 Å². The maximum absolute atomic E-state index is 13.0. The molecule has 8 nitrogen and oxygen atoms in total. The average molecular weight is 653 g/mol. The van der Waals surface area contributed by atoms with E-state index in [9.17, 15) is 35.9 Å². The van der Waals surface area contributed by atoms with Crippen LogP contribution in [-0.2, 0) is 27.4 Å². The number of nitrogens with zero attached hydrogens (tertiary/aromatic N) is 1. The highest BCUT2D eigenvalue weighted by molar-refractivity contribution is 7.91. The highest BCUT2D eigenvalue weighted by Crippen LogP contribution is 2.37. The zero-order valence-corrected chi connectivity index (χ0v) is 24.9. The molecule has 0 aliphatic carbocycles. The fraction of sp³-hybridized carbons (Fsp3) is 0.267. The van der Waals surface area contributed by atoms with Gasteiger partial charge in [0.2, 0.25) is 0 Å². The number of aliphatic hydroxyl groups is 1. The van der Waals surface area contributed by atoms with Crippen LogP contribution >= 0.6 is 11.3 Å². The van der Waals surface area contributed by atoms with Crippen molar-refractivity contribution in [2.75, 3.05) is 25.6 Å². The van der Waals surface area contributed by atoms with Crippen LogP contribution in [0.2, 0.25) is 0 Å². The number of nitrogens with one attached hydrogen (secondary N) is 1. The summed E-state index contributed by atoms with van der Waals surface area (Å²) in [7, 11) is -3.40. The molecule has 14 heteroatoms. The normalized spacial score (nSPS) is 12.6. The Balaban J connectivity index is 1.50. The second kappa shape index (κ2) is 14.3. The van der Waals surface area contributed by atoms with Crippen LogP contribution in [0.25, 0.3) is 11.3 Å². The molecular formula is C30H28F4N2O6S2. The molecular weight excluding hydrogens is 624 g/mol. The van der Waals surface area contributed by atoms with Crippen molar-refractivity contribution in [2.24, 2.45) is 0 Å². The Morgan fingerprint density at radius 3 is 2.25 bits per heavy atom. The van der Waals surface area contributed by atoms with Gasteiger partial charge in [-0.15, -0.1) is 0 Å². The van der Waals surface area contributed by atoms with Gasteiger partial charge < -0.3 is 19.9 Å². The minimum absolute atomic E-state index is 0.00601. The minimum atomic E-state index is -4.48. The van der Waals surface area contributed by atoms with Gasteiger partial charge in [-0.2, -0.15) is 13.2 Å². The monoisotopic (exact) mass is 652 g/mol. The molecule has 44 heavy (non-hydrogen) atoms. The number of aromatic nitrogens is 1. The number of rotatable bonds is 13. The lowest BCUT2D eigenvalue weighted by molar-refractivity contribution is -0.137. The highest BCUT2D eigenvalue weighted by Gasteiger charge is 2.30. The van der Waals surface area contributed by atoms with Crippen molar-refractivity contribution in [2.45, 2.75) is 30.6 Å². The van der Waals surface area contributed by atoms with Gasteiger partial charge in [0.15, 0.2) is 9.84 Å². The van der Waals surface area contributed by atoms with Crippen molar-refractivity contribution >= 4 is 27.1 Å². The third-order valence-corrected chi connectivity index (χ3v) is 9.11. The molecule has 1 heterocycles. The quantitative estimate of drug-likeness (QED) is 0.128. The van der Waals surface area contributed by atoms with Crippen molar-refractivity contribution in [1.82, 2.24) is 10.3 Å². The Kier molecular flexibility index (Phi) is 10.7. The fourth-order valence-electron chi connectivity index (χ4n) is 4.06. The Bertz CT molecular complexity index is 1660. The van der Waals surface area contributed by atoms with E-state index < -0.39 is 46.8 Å². The number of ether oxygens (including phenoxy) is 2. The van der Waals surface area contributed by atoms with Gasteiger partial charge in [0, 0.05) is 11.1 Å². The third kappa shape index (κ3) is 8.20. The molecule has 1 aromatic heterocycles. The SMILES string of the molecule is CCS(=O)(=O)c1ccc([C@H](CO)NC(=O)c2ccc(-c3nc(Oc4ccc(C(F)(F)F)cc4)sc3COCCF)cc2)cc1. The Hall–Kier alpha value is -3.85. The van der Waals surface area contributed by atoms with Crippen LogP contribution in [0.3, 0.4) is 0 Å². The van der Waals surface area contributed by atoms with Crippen LogP contribution in [0.15, 0.2) is 77.7 Å². The predicted octanol–water partition coefficient (Wildman–Crippen LogP) is 6.36. The van der Waals surface area contributed by atoms with E-state index in [4.69, 9.17) is 9.47 Å². The van der Waals surface area contributed by atoms with Gasteiger partial charge in [0.1, 0.15) is 12.4 Å². The van der Waals surface area contributed by atoms with Gasteiger partial charge in [-0.1, -0.05) is 42.5 Å². The van der Waals surface area contributed by atoms with E-state index in [0.717, 1.165) is 23.5 Å². The number of halogens is 4. The maximum Gasteiger partial charge on any atom is 0.416 e. The Morgan fingerprint density at radius 2 is 1.68 bits per heavy atom. The Labute approximate surface area is 255 Å². The smallest absolute Gasteiger partial charge is 0.416 e. The molecule has 0 unspecified atom stereocenters. The van der Waals surface area contributed by atoms with Crippen molar-refractivity contribution in [3.8, 4) is 22.2 Å². The van der Waals surface area contributed by atoms with E-state index in [0.29, 0.717) is 21.7 Å². The van der Waals surface area contributed by atoms with Gasteiger partial charge in [0.05, 0.1) is 52.6 Å². The summed E-state index contributed by atoms with van der Waals surface area (Å²) in [6.45, 7) is 0.286.